The molecule has 2 heterocycles. The third kappa shape index (κ3) is 4.04. The topological polar surface area (TPSA) is 64.7 Å². The summed E-state index contributed by atoms with van der Waals surface area (Å²) in [4.78, 5) is 12.5. The van der Waals surface area contributed by atoms with Crippen molar-refractivity contribution in [1.29, 1.82) is 0 Å². The van der Waals surface area contributed by atoms with E-state index in [0.29, 0.717) is 18.7 Å². The van der Waals surface area contributed by atoms with Crippen molar-refractivity contribution in [3.05, 3.63) is 69.2 Å². The predicted octanol–water partition coefficient (Wildman–Crippen LogP) is 3.46. The molecule has 0 unspecified atom stereocenters. The largest absolute Gasteiger partial charge is 0.346 e. The Morgan fingerprint density at radius 3 is 2.73 bits per heavy atom. The average Bonchev–Trinajstić information content (AvgIpc) is 3.14. The summed E-state index contributed by atoms with van der Waals surface area (Å²) in [7, 11) is 0. The van der Waals surface area contributed by atoms with Gasteiger partial charge < -0.3 is 5.32 Å². The van der Waals surface area contributed by atoms with Crippen LogP contribution >= 0.6 is 15.9 Å². The molecule has 0 saturated carbocycles. The van der Waals surface area contributed by atoms with Crippen LogP contribution in [0.1, 0.15) is 39.9 Å². The Morgan fingerprint density at radius 2 is 2.04 bits per heavy atom. The highest BCUT2D eigenvalue weighted by Gasteiger charge is 2.11. The number of nitrogens with one attached hydrogen (secondary N) is 1. The monoisotopic (exact) mass is 415 g/mol. The average molecular weight is 416 g/mol. The van der Waals surface area contributed by atoms with Crippen LogP contribution in [0, 0.1) is 13.8 Å². The predicted molar refractivity (Wildman–Crippen MR) is 104 cm³/mol. The van der Waals surface area contributed by atoms with Gasteiger partial charge >= 0.3 is 0 Å². The van der Waals surface area contributed by atoms with Crippen LogP contribution in [-0.4, -0.2) is 25.5 Å². The standard InChI is InChI=1S/C19H22BrN5O/c1-4-24-18(17(20)10-22-24)11-21-19(26)16-7-5-6-15(9-16)12-25-14(3)8-13(2)23-25/h5-10H,4,11-12H2,1-3H3,(H,21,26). The minimum atomic E-state index is -0.101. The van der Waals surface area contributed by atoms with Gasteiger partial charge in [-0.05, 0) is 60.5 Å². The molecule has 2 aromatic heterocycles. The molecule has 0 fully saturated rings. The molecule has 0 spiro atoms. The number of nitrogens with zero attached hydrogens (tertiary/aromatic N) is 4. The number of carbonyl (C=O) groups is 1. The molecular weight excluding hydrogens is 394 g/mol. The van der Waals surface area contributed by atoms with Gasteiger partial charge in [0.15, 0.2) is 0 Å². The van der Waals surface area contributed by atoms with Crippen LogP contribution in [0.4, 0.5) is 0 Å². The maximum atomic E-state index is 12.5. The smallest absolute Gasteiger partial charge is 0.251 e. The van der Waals surface area contributed by atoms with Crippen molar-refractivity contribution >= 4 is 21.8 Å². The molecule has 0 aliphatic carbocycles. The normalized spacial score (nSPS) is 10.9. The summed E-state index contributed by atoms with van der Waals surface area (Å²) < 4.78 is 4.71. The maximum absolute atomic E-state index is 12.5. The summed E-state index contributed by atoms with van der Waals surface area (Å²) in [5.74, 6) is -0.101. The summed E-state index contributed by atoms with van der Waals surface area (Å²) >= 11 is 3.48. The lowest BCUT2D eigenvalue weighted by molar-refractivity contribution is 0.0949. The van der Waals surface area contributed by atoms with Gasteiger partial charge in [0.25, 0.3) is 5.91 Å². The molecule has 1 N–H and O–H groups in total. The molecule has 0 radical (unpaired) electrons. The number of rotatable bonds is 6. The number of benzene rings is 1. The van der Waals surface area contributed by atoms with Crippen LogP contribution in [0.3, 0.4) is 0 Å². The molecule has 26 heavy (non-hydrogen) atoms. The van der Waals surface area contributed by atoms with E-state index in [4.69, 9.17) is 0 Å². The molecule has 0 bridgehead atoms. The van der Waals surface area contributed by atoms with Crippen molar-refractivity contribution < 1.29 is 4.79 Å². The van der Waals surface area contributed by atoms with Gasteiger partial charge in [0, 0.05) is 17.8 Å². The summed E-state index contributed by atoms with van der Waals surface area (Å²) in [6, 6.07) is 9.70. The number of carbonyl (C=O) groups excluding carboxylic acids is 1. The van der Waals surface area contributed by atoms with Gasteiger partial charge in [-0.15, -0.1) is 0 Å². The SMILES string of the molecule is CCn1ncc(Br)c1CNC(=O)c1cccc(Cn2nc(C)cc2C)c1. The Morgan fingerprint density at radius 1 is 1.23 bits per heavy atom. The zero-order valence-corrected chi connectivity index (χ0v) is 16.7. The fraction of sp³-hybridized carbons (Fsp3) is 0.316. The lowest BCUT2D eigenvalue weighted by atomic mass is 10.1. The Bertz CT molecular complexity index is 928. The second-order valence-corrected chi connectivity index (χ2v) is 7.08. The molecule has 136 valence electrons. The van der Waals surface area contributed by atoms with Gasteiger partial charge in [-0.25, -0.2) is 0 Å². The van der Waals surface area contributed by atoms with E-state index in [1.165, 1.54) is 0 Å². The molecule has 0 aliphatic heterocycles. The van der Waals surface area contributed by atoms with Gasteiger partial charge in [0.2, 0.25) is 0 Å². The summed E-state index contributed by atoms with van der Waals surface area (Å²) in [5, 5.41) is 11.7. The van der Waals surface area contributed by atoms with Crippen molar-refractivity contribution in [2.45, 2.75) is 40.4 Å². The van der Waals surface area contributed by atoms with E-state index < -0.39 is 0 Å². The second-order valence-electron chi connectivity index (χ2n) is 6.22. The quantitative estimate of drug-likeness (QED) is 0.670. The fourth-order valence-electron chi connectivity index (χ4n) is 2.92. The van der Waals surface area contributed by atoms with Crippen molar-refractivity contribution in [2.75, 3.05) is 0 Å². The molecule has 1 aromatic carbocycles. The van der Waals surface area contributed by atoms with Crippen LogP contribution in [-0.2, 0) is 19.6 Å². The number of amides is 1. The van der Waals surface area contributed by atoms with Gasteiger partial charge in [-0.2, -0.15) is 10.2 Å². The number of hydrogen-bond acceptors (Lipinski definition) is 3. The van der Waals surface area contributed by atoms with Crippen molar-refractivity contribution in [2.24, 2.45) is 0 Å². The summed E-state index contributed by atoms with van der Waals surface area (Å²) in [6.45, 7) is 7.86. The summed E-state index contributed by atoms with van der Waals surface area (Å²) in [5.41, 5.74) is 4.75. The molecule has 7 heteroatoms. The molecular formula is C19H22BrN5O. The van der Waals surface area contributed by atoms with Crippen LogP contribution in [0.15, 0.2) is 41.0 Å². The van der Waals surface area contributed by atoms with E-state index in [0.717, 1.165) is 33.7 Å². The lowest BCUT2D eigenvalue weighted by Gasteiger charge is -2.10. The molecule has 1 amide bonds. The molecule has 3 rings (SSSR count). The van der Waals surface area contributed by atoms with E-state index in [1.54, 1.807) is 6.20 Å². The third-order valence-electron chi connectivity index (χ3n) is 4.24. The number of hydrogen-bond donors (Lipinski definition) is 1. The first-order chi connectivity index (χ1) is 12.5. The molecule has 3 aromatic rings. The number of halogens is 1. The number of aryl methyl sites for hydroxylation is 3. The van der Waals surface area contributed by atoms with Gasteiger partial charge in [0.1, 0.15) is 0 Å². The van der Waals surface area contributed by atoms with Gasteiger partial charge in [-0.1, -0.05) is 12.1 Å². The van der Waals surface area contributed by atoms with Crippen LogP contribution < -0.4 is 5.32 Å². The van der Waals surface area contributed by atoms with E-state index in [1.807, 2.05) is 60.5 Å². The highest BCUT2D eigenvalue weighted by Crippen LogP contribution is 2.16. The Balaban J connectivity index is 1.70. The molecule has 0 aliphatic rings. The first-order valence-corrected chi connectivity index (χ1v) is 9.35. The third-order valence-corrected chi connectivity index (χ3v) is 4.90. The van der Waals surface area contributed by atoms with Crippen molar-refractivity contribution in [3.8, 4) is 0 Å². The van der Waals surface area contributed by atoms with E-state index in [9.17, 15) is 4.79 Å². The molecule has 0 atom stereocenters. The highest BCUT2D eigenvalue weighted by molar-refractivity contribution is 9.10. The lowest BCUT2D eigenvalue weighted by Crippen LogP contribution is -2.24. The molecule has 0 saturated heterocycles. The number of aromatic nitrogens is 4. The fourth-order valence-corrected chi connectivity index (χ4v) is 3.36. The first kappa shape index (κ1) is 18.4. The Hall–Kier alpha value is -2.41. The zero-order chi connectivity index (χ0) is 18.7. The minimum Gasteiger partial charge on any atom is -0.346 e. The highest BCUT2D eigenvalue weighted by atomic mass is 79.9. The van der Waals surface area contributed by atoms with E-state index in [2.05, 4.69) is 31.4 Å². The van der Waals surface area contributed by atoms with Gasteiger partial charge in [-0.3, -0.25) is 14.2 Å². The Kier molecular flexibility index (Phi) is 5.56. The van der Waals surface area contributed by atoms with Crippen molar-refractivity contribution in [1.82, 2.24) is 24.9 Å². The zero-order valence-electron chi connectivity index (χ0n) is 15.2. The first-order valence-electron chi connectivity index (χ1n) is 8.56. The Labute approximate surface area is 161 Å². The van der Waals surface area contributed by atoms with Crippen LogP contribution in [0.25, 0.3) is 0 Å². The van der Waals surface area contributed by atoms with E-state index >= 15 is 0 Å². The van der Waals surface area contributed by atoms with Crippen molar-refractivity contribution in [3.63, 3.8) is 0 Å². The minimum absolute atomic E-state index is 0.101. The van der Waals surface area contributed by atoms with Crippen LogP contribution in [0.2, 0.25) is 0 Å². The second kappa shape index (κ2) is 7.86. The van der Waals surface area contributed by atoms with E-state index in [-0.39, 0.29) is 5.91 Å². The van der Waals surface area contributed by atoms with Gasteiger partial charge in [0.05, 0.1) is 35.1 Å². The maximum Gasteiger partial charge on any atom is 0.251 e. The van der Waals surface area contributed by atoms with Crippen LogP contribution in [0.5, 0.6) is 0 Å². The summed E-state index contributed by atoms with van der Waals surface area (Å²) in [6.07, 6.45) is 1.75. The molecule has 6 nitrogen and oxygen atoms in total.